The van der Waals surface area contributed by atoms with Crippen molar-refractivity contribution in [3.05, 3.63) is 16.1 Å². The predicted molar refractivity (Wildman–Crippen MR) is 83.6 cm³/mol. The minimum absolute atomic E-state index is 0.548. The number of nitrogens with one attached hydrogen (secondary N) is 1. The maximum Gasteiger partial charge on any atom is 0.0959 e. The first-order chi connectivity index (χ1) is 9.06. The van der Waals surface area contributed by atoms with Gasteiger partial charge in [-0.25, -0.2) is 4.98 Å². The van der Waals surface area contributed by atoms with E-state index in [9.17, 15) is 0 Å². The molecule has 0 aromatic carbocycles. The number of aromatic nitrogens is 1. The van der Waals surface area contributed by atoms with Gasteiger partial charge in [0.25, 0.3) is 0 Å². The van der Waals surface area contributed by atoms with E-state index in [0.29, 0.717) is 6.04 Å². The molecule has 1 aromatic rings. The summed E-state index contributed by atoms with van der Waals surface area (Å²) in [5.74, 6) is 2.52. The number of hydrogen-bond acceptors (Lipinski definition) is 3. The van der Waals surface area contributed by atoms with Gasteiger partial charge < -0.3 is 5.32 Å². The van der Waals surface area contributed by atoms with E-state index in [0.717, 1.165) is 24.3 Å². The Kier molecular flexibility index (Phi) is 5.40. The fraction of sp³-hybridized carbons (Fsp3) is 0.812. The molecule has 3 heteroatoms. The van der Waals surface area contributed by atoms with Crippen molar-refractivity contribution in [3.63, 3.8) is 0 Å². The topological polar surface area (TPSA) is 24.9 Å². The summed E-state index contributed by atoms with van der Waals surface area (Å²) in [7, 11) is 0. The zero-order valence-electron chi connectivity index (χ0n) is 12.8. The van der Waals surface area contributed by atoms with Crippen molar-refractivity contribution >= 4 is 11.3 Å². The van der Waals surface area contributed by atoms with E-state index in [2.05, 4.69) is 44.2 Å². The molecule has 0 bridgehead atoms. The average Bonchev–Trinajstić information content (AvgIpc) is 2.85. The van der Waals surface area contributed by atoms with Gasteiger partial charge in [-0.15, -0.1) is 11.3 Å². The lowest BCUT2D eigenvalue weighted by Crippen LogP contribution is -2.21. The van der Waals surface area contributed by atoms with Gasteiger partial charge >= 0.3 is 0 Å². The van der Waals surface area contributed by atoms with Crippen LogP contribution in [-0.2, 0) is 6.54 Å². The SMILES string of the molecule is CC(C)NCc1cnc(C2CCC(C(C)C)CC2)s1. The molecule has 0 amide bonds. The largest absolute Gasteiger partial charge is 0.310 e. The predicted octanol–water partition coefficient (Wildman–Crippen LogP) is 4.57. The maximum absolute atomic E-state index is 4.67. The number of thiazole rings is 1. The molecule has 2 nitrogen and oxygen atoms in total. The van der Waals surface area contributed by atoms with Crippen molar-refractivity contribution in [2.24, 2.45) is 11.8 Å². The summed E-state index contributed by atoms with van der Waals surface area (Å²) < 4.78 is 0. The monoisotopic (exact) mass is 280 g/mol. The molecule has 2 rings (SSSR count). The van der Waals surface area contributed by atoms with Gasteiger partial charge in [0.05, 0.1) is 5.01 Å². The summed E-state index contributed by atoms with van der Waals surface area (Å²) in [6, 6.07) is 0.548. The zero-order chi connectivity index (χ0) is 13.8. The highest BCUT2D eigenvalue weighted by molar-refractivity contribution is 7.11. The molecule has 0 saturated heterocycles. The van der Waals surface area contributed by atoms with Crippen LogP contribution in [0.4, 0.5) is 0 Å². The van der Waals surface area contributed by atoms with Gasteiger partial charge in [-0.3, -0.25) is 0 Å². The second-order valence-corrected chi connectivity index (χ2v) is 7.70. The molecule has 1 aromatic heterocycles. The number of hydrogen-bond donors (Lipinski definition) is 1. The maximum atomic E-state index is 4.67. The van der Waals surface area contributed by atoms with E-state index < -0.39 is 0 Å². The van der Waals surface area contributed by atoms with E-state index in [4.69, 9.17) is 0 Å². The second-order valence-electron chi connectivity index (χ2n) is 6.56. The van der Waals surface area contributed by atoms with Gasteiger partial charge in [-0.1, -0.05) is 27.7 Å². The van der Waals surface area contributed by atoms with Crippen LogP contribution in [0.15, 0.2) is 6.20 Å². The summed E-state index contributed by atoms with van der Waals surface area (Å²) >= 11 is 1.92. The molecular weight excluding hydrogens is 252 g/mol. The minimum atomic E-state index is 0.548. The Hall–Kier alpha value is -0.410. The van der Waals surface area contributed by atoms with E-state index in [1.807, 2.05) is 11.3 Å². The molecule has 1 aliphatic carbocycles. The van der Waals surface area contributed by atoms with Crippen molar-refractivity contribution < 1.29 is 0 Å². The third-order valence-electron chi connectivity index (χ3n) is 4.32. The van der Waals surface area contributed by atoms with Gasteiger partial charge in [-0.05, 0) is 37.5 Å². The van der Waals surface area contributed by atoms with Crippen molar-refractivity contribution in [2.75, 3.05) is 0 Å². The van der Waals surface area contributed by atoms with E-state index in [1.54, 1.807) is 0 Å². The molecule has 19 heavy (non-hydrogen) atoms. The molecule has 1 aliphatic rings. The molecule has 0 radical (unpaired) electrons. The Labute approximate surface area is 122 Å². The van der Waals surface area contributed by atoms with Gasteiger partial charge in [0, 0.05) is 29.6 Å². The fourth-order valence-corrected chi connectivity index (χ4v) is 3.97. The summed E-state index contributed by atoms with van der Waals surface area (Å²) in [6.45, 7) is 10.1. The number of rotatable bonds is 5. The second kappa shape index (κ2) is 6.85. The first kappa shape index (κ1) is 15.0. The zero-order valence-corrected chi connectivity index (χ0v) is 13.6. The van der Waals surface area contributed by atoms with Crippen LogP contribution < -0.4 is 5.32 Å². The standard InChI is InChI=1S/C16H28N2S/c1-11(2)13-5-7-14(8-6-13)16-18-10-15(19-16)9-17-12(3)4/h10-14,17H,5-9H2,1-4H3. The van der Waals surface area contributed by atoms with Gasteiger partial charge in [-0.2, -0.15) is 0 Å². The molecule has 108 valence electrons. The highest BCUT2D eigenvalue weighted by atomic mass is 32.1. The van der Waals surface area contributed by atoms with Gasteiger partial charge in [0.15, 0.2) is 0 Å². The molecule has 1 saturated carbocycles. The van der Waals surface area contributed by atoms with Gasteiger partial charge in [0.1, 0.15) is 0 Å². The van der Waals surface area contributed by atoms with Crippen LogP contribution in [0.3, 0.4) is 0 Å². The first-order valence-electron chi connectivity index (χ1n) is 7.74. The van der Waals surface area contributed by atoms with Crippen LogP contribution in [-0.4, -0.2) is 11.0 Å². The van der Waals surface area contributed by atoms with Crippen molar-refractivity contribution in [2.45, 2.75) is 71.9 Å². The summed E-state index contributed by atoms with van der Waals surface area (Å²) in [6.07, 6.45) is 7.54. The number of nitrogens with zero attached hydrogens (tertiary/aromatic N) is 1. The van der Waals surface area contributed by atoms with Crippen molar-refractivity contribution in [1.82, 2.24) is 10.3 Å². The molecule has 0 spiro atoms. The molecular formula is C16H28N2S. The summed E-state index contributed by atoms with van der Waals surface area (Å²) in [4.78, 5) is 6.05. The molecule has 1 fully saturated rings. The quantitative estimate of drug-likeness (QED) is 0.854. The third kappa shape index (κ3) is 4.28. The molecule has 1 N–H and O–H groups in total. The lowest BCUT2D eigenvalue weighted by Gasteiger charge is -2.29. The Morgan fingerprint density at radius 3 is 2.47 bits per heavy atom. The highest BCUT2D eigenvalue weighted by Crippen LogP contribution is 2.39. The van der Waals surface area contributed by atoms with Crippen LogP contribution in [0.25, 0.3) is 0 Å². The Balaban J connectivity index is 1.86. The Morgan fingerprint density at radius 2 is 1.89 bits per heavy atom. The van der Waals surface area contributed by atoms with Crippen LogP contribution in [0.5, 0.6) is 0 Å². The molecule has 1 heterocycles. The van der Waals surface area contributed by atoms with Crippen LogP contribution in [0.1, 0.15) is 69.2 Å². The Bertz CT molecular complexity index is 376. The van der Waals surface area contributed by atoms with Crippen LogP contribution in [0.2, 0.25) is 0 Å². The van der Waals surface area contributed by atoms with E-state index in [1.165, 1.54) is 35.6 Å². The summed E-state index contributed by atoms with van der Waals surface area (Å²) in [5, 5.41) is 4.85. The van der Waals surface area contributed by atoms with E-state index in [-0.39, 0.29) is 0 Å². The van der Waals surface area contributed by atoms with Crippen molar-refractivity contribution in [3.8, 4) is 0 Å². The van der Waals surface area contributed by atoms with E-state index >= 15 is 0 Å². The lowest BCUT2D eigenvalue weighted by molar-refractivity contribution is 0.258. The average molecular weight is 280 g/mol. The van der Waals surface area contributed by atoms with Gasteiger partial charge in [0.2, 0.25) is 0 Å². The molecule has 0 atom stereocenters. The minimum Gasteiger partial charge on any atom is -0.310 e. The normalized spacial score (nSPS) is 24.3. The lowest BCUT2D eigenvalue weighted by atomic mass is 9.77. The fourth-order valence-electron chi connectivity index (χ4n) is 2.93. The smallest absolute Gasteiger partial charge is 0.0959 e. The molecule has 0 aliphatic heterocycles. The van der Waals surface area contributed by atoms with Crippen LogP contribution in [0, 0.1) is 11.8 Å². The summed E-state index contributed by atoms with van der Waals surface area (Å²) in [5.41, 5.74) is 0. The first-order valence-corrected chi connectivity index (χ1v) is 8.56. The van der Waals surface area contributed by atoms with Crippen molar-refractivity contribution in [1.29, 1.82) is 0 Å². The molecule has 0 unspecified atom stereocenters. The highest BCUT2D eigenvalue weighted by Gasteiger charge is 2.25. The third-order valence-corrected chi connectivity index (χ3v) is 5.48. The van der Waals surface area contributed by atoms with Crippen LogP contribution >= 0.6 is 11.3 Å². The Morgan fingerprint density at radius 1 is 1.21 bits per heavy atom.